The fourth-order valence-corrected chi connectivity index (χ4v) is 3.45. The summed E-state index contributed by atoms with van der Waals surface area (Å²) >= 11 is 0. The molecule has 0 unspecified atom stereocenters. The van der Waals surface area contributed by atoms with Crippen LogP contribution in [-0.2, 0) is 17.5 Å². The summed E-state index contributed by atoms with van der Waals surface area (Å²) in [6, 6.07) is 12.6. The van der Waals surface area contributed by atoms with Gasteiger partial charge in [-0.1, -0.05) is 24.3 Å². The van der Waals surface area contributed by atoms with Gasteiger partial charge in [-0.25, -0.2) is 0 Å². The number of carbonyl (C=O) groups is 1. The Labute approximate surface area is 174 Å². The molecule has 30 heavy (non-hydrogen) atoms. The van der Waals surface area contributed by atoms with Gasteiger partial charge < -0.3 is 15.0 Å². The highest BCUT2D eigenvalue weighted by Crippen LogP contribution is 2.29. The Morgan fingerprint density at radius 2 is 1.63 bits per heavy atom. The van der Waals surface area contributed by atoms with Crippen LogP contribution in [0.2, 0.25) is 0 Å². The lowest BCUT2D eigenvalue weighted by Gasteiger charge is -2.34. The molecule has 0 saturated carbocycles. The minimum absolute atomic E-state index is 0.0633. The smallest absolute Gasteiger partial charge is 0.416 e. The van der Waals surface area contributed by atoms with Crippen molar-refractivity contribution in [3.05, 3.63) is 59.7 Å². The summed E-state index contributed by atoms with van der Waals surface area (Å²) in [7, 11) is 1.56. The van der Waals surface area contributed by atoms with Crippen LogP contribution in [0, 0.1) is 0 Å². The number of methoxy groups -OCH3 is 1. The number of amides is 1. The van der Waals surface area contributed by atoms with Gasteiger partial charge >= 0.3 is 6.18 Å². The van der Waals surface area contributed by atoms with E-state index in [4.69, 9.17) is 4.74 Å². The van der Waals surface area contributed by atoms with E-state index in [-0.39, 0.29) is 5.91 Å². The van der Waals surface area contributed by atoms with E-state index in [9.17, 15) is 18.0 Å². The zero-order chi connectivity index (χ0) is 21.6. The van der Waals surface area contributed by atoms with Gasteiger partial charge in [-0.2, -0.15) is 13.2 Å². The predicted molar refractivity (Wildman–Crippen MR) is 109 cm³/mol. The van der Waals surface area contributed by atoms with E-state index in [0.717, 1.165) is 43.9 Å². The summed E-state index contributed by atoms with van der Waals surface area (Å²) < 4.78 is 43.2. The highest BCUT2D eigenvalue weighted by atomic mass is 19.4. The van der Waals surface area contributed by atoms with Crippen molar-refractivity contribution in [2.45, 2.75) is 19.1 Å². The molecule has 1 aliphatic heterocycles. The molecule has 162 valence electrons. The number of carbonyl (C=O) groups excluding carboxylic acids is 1. The molecule has 5 nitrogen and oxygen atoms in total. The van der Waals surface area contributed by atoms with Crippen LogP contribution in [-0.4, -0.2) is 55.5 Å². The molecule has 0 atom stereocenters. The van der Waals surface area contributed by atoms with Gasteiger partial charge in [-0.15, -0.1) is 0 Å². The number of rotatable bonds is 7. The number of hydrogen-bond acceptors (Lipinski definition) is 4. The summed E-state index contributed by atoms with van der Waals surface area (Å²) in [5, 5.41) is 2.88. The highest BCUT2D eigenvalue weighted by Gasteiger charge is 2.30. The van der Waals surface area contributed by atoms with Crippen molar-refractivity contribution in [2.75, 3.05) is 45.2 Å². The van der Waals surface area contributed by atoms with Crippen molar-refractivity contribution in [1.29, 1.82) is 0 Å². The first kappa shape index (κ1) is 22.1. The molecule has 1 saturated heterocycles. The number of hydrogen-bond donors (Lipinski definition) is 1. The first-order valence-electron chi connectivity index (χ1n) is 9.89. The summed E-state index contributed by atoms with van der Waals surface area (Å²) in [4.78, 5) is 16.7. The average molecular weight is 421 g/mol. The first-order valence-corrected chi connectivity index (χ1v) is 9.89. The number of halogens is 3. The number of anilines is 1. The van der Waals surface area contributed by atoms with Crippen molar-refractivity contribution in [3.63, 3.8) is 0 Å². The Morgan fingerprint density at radius 3 is 2.27 bits per heavy atom. The lowest BCUT2D eigenvalue weighted by molar-refractivity contribution is -0.137. The molecule has 0 aromatic heterocycles. The summed E-state index contributed by atoms with van der Waals surface area (Å²) in [6.45, 7) is 4.56. The number of alkyl halides is 3. The van der Waals surface area contributed by atoms with E-state index in [0.29, 0.717) is 30.9 Å². The SMILES string of the molecule is COc1ccccc1NC(=O)CCN1CCN(Cc2ccc(C(F)(F)F)cc2)CC1. The van der Waals surface area contributed by atoms with Gasteiger partial charge in [0.15, 0.2) is 0 Å². The maximum absolute atomic E-state index is 12.7. The van der Waals surface area contributed by atoms with Gasteiger partial charge in [0.05, 0.1) is 18.4 Å². The number of nitrogens with zero attached hydrogens (tertiary/aromatic N) is 2. The standard InChI is InChI=1S/C22H26F3N3O2/c1-30-20-5-3-2-4-19(20)26-21(29)10-11-27-12-14-28(15-13-27)16-17-6-8-18(9-7-17)22(23,24)25/h2-9H,10-16H2,1H3,(H,26,29). The van der Waals surface area contributed by atoms with Crippen LogP contribution < -0.4 is 10.1 Å². The second kappa shape index (κ2) is 9.95. The molecule has 1 heterocycles. The van der Waals surface area contributed by atoms with E-state index in [1.807, 2.05) is 12.1 Å². The molecule has 3 rings (SSSR count). The third kappa shape index (κ3) is 6.21. The molecular weight excluding hydrogens is 395 g/mol. The molecule has 2 aromatic carbocycles. The number of benzene rings is 2. The fraction of sp³-hybridized carbons (Fsp3) is 0.409. The third-order valence-electron chi connectivity index (χ3n) is 5.19. The molecule has 1 amide bonds. The zero-order valence-corrected chi connectivity index (χ0v) is 16.9. The van der Waals surface area contributed by atoms with E-state index < -0.39 is 11.7 Å². The Bertz CT molecular complexity index is 832. The molecule has 8 heteroatoms. The summed E-state index contributed by atoms with van der Waals surface area (Å²) in [5.41, 5.74) is 0.904. The summed E-state index contributed by atoms with van der Waals surface area (Å²) in [6.07, 6.45) is -3.92. The number of nitrogens with one attached hydrogen (secondary N) is 1. The van der Waals surface area contributed by atoms with Crippen LogP contribution in [0.1, 0.15) is 17.5 Å². The van der Waals surface area contributed by atoms with Crippen molar-refractivity contribution in [1.82, 2.24) is 9.80 Å². The third-order valence-corrected chi connectivity index (χ3v) is 5.19. The van der Waals surface area contributed by atoms with Crippen LogP contribution in [0.25, 0.3) is 0 Å². The topological polar surface area (TPSA) is 44.8 Å². The molecule has 2 aromatic rings. The molecule has 0 spiro atoms. The molecule has 0 radical (unpaired) electrons. The fourth-order valence-electron chi connectivity index (χ4n) is 3.45. The van der Waals surface area contributed by atoms with Gasteiger partial charge in [0, 0.05) is 45.7 Å². The normalized spacial score (nSPS) is 15.7. The largest absolute Gasteiger partial charge is 0.495 e. The second-order valence-electron chi connectivity index (χ2n) is 7.31. The van der Waals surface area contributed by atoms with E-state index in [2.05, 4.69) is 15.1 Å². The van der Waals surface area contributed by atoms with Crippen molar-refractivity contribution in [3.8, 4) is 5.75 Å². The molecule has 0 bridgehead atoms. The van der Waals surface area contributed by atoms with E-state index in [1.165, 1.54) is 12.1 Å². The minimum atomic E-state index is -4.30. The van der Waals surface area contributed by atoms with Gasteiger partial charge in [0.1, 0.15) is 5.75 Å². The van der Waals surface area contributed by atoms with Crippen molar-refractivity contribution >= 4 is 11.6 Å². The zero-order valence-electron chi connectivity index (χ0n) is 16.9. The van der Waals surface area contributed by atoms with Crippen LogP contribution in [0.15, 0.2) is 48.5 Å². The Morgan fingerprint density at radius 1 is 1.00 bits per heavy atom. The van der Waals surface area contributed by atoms with Crippen LogP contribution in [0.3, 0.4) is 0 Å². The summed E-state index contributed by atoms with van der Waals surface area (Å²) in [5.74, 6) is 0.564. The van der Waals surface area contributed by atoms with Crippen molar-refractivity contribution in [2.24, 2.45) is 0 Å². The van der Waals surface area contributed by atoms with Gasteiger partial charge in [-0.05, 0) is 29.8 Å². The quantitative estimate of drug-likeness (QED) is 0.738. The lowest BCUT2D eigenvalue weighted by Crippen LogP contribution is -2.46. The molecule has 1 aliphatic rings. The number of piperazine rings is 1. The van der Waals surface area contributed by atoms with Crippen molar-refractivity contribution < 1.29 is 22.7 Å². The van der Waals surface area contributed by atoms with E-state index >= 15 is 0 Å². The Kier molecular flexibility index (Phi) is 7.33. The second-order valence-corrected chi connectivity index (χ2v) is 7.31. The van der Waals surface area contributed by atoms with Crippen LogP contribution in [0.4, 0.5) is 18.9 Å². The van der Waals surface area contributed by atoms with Gasteiger partial charge in [-0.3, -0.25) is 9.69 Å². The maximum Gasteiger partial charge on any atom is 0.416 e. The van der Waals surface area contributed by atoms with Gasteiger partial charge in [0.25, 0.3) is 0 Å². The monoisotopic (exact) mass is 421 g/mol. The van der Waals surface area contributed by atoms with Crippen LogP contribution in [0.5, 0.6) is 5.75 Å². The molecular formula is C22H26F3N3O2. The number of ether oxygens (including phenoxy) is 1. The molecule has 0 aliphatic carbocycles. The average Bonchev–Trinajstić information content (AvgIpc) is 2.73. The Hall–Kier alpha value is -2.58. The molecule has 1 N–H and O–H groups in total. The van der Waals surface area contributed by atoms with Gasteiger partial charge in [0.2, 0.25) is 5.91 Å². The maximum atomic E-state index is 12.7. The van der Waals surface area contributed by atoms with E-state index in [1.54, 1.807) is 19.2 Å². The Balaban J connectivity index is 1.40. The minimum Gasteiger partial charge on any atom is -0.495 e. The molecule has 1 fully saturated rings. The number of para-hydroxylation sites is 2. The lowest BCUT2D eigenvalue weighted by atomic mass is 10.1. The highest BCUT2D eigenvalue weighted by molar-refractivity contribution is 5.92. The van der Waals surface area contributed by atoms with Crippen LogP contribution >= 0.6 is 0 Å². The first-order chi connectivity index (χ1) is 14.3. The predicted octanol–water partition coefficient (Wildman–Crippen LogP) is 3.86.